The predicted octanol–water partition coefficient (Wildman–Crippen LogP) is 2.02. The zero-order chi connectivity index (χ0) is 13.7. The van der Waals surface area contributed by atoms with E-state index in [0.717, 1.165) is 24.1 Å². The Morgan fingerprint density at radius 3 is 2.67 bits per heavy atom. The van der Waals surface area contributed by atoms with Crippen molar-refractivity contribution >= 4 is 5.91 Å². The molecule has 0 aliphatic carbocycles. The van der Waals surface area contributed by atoms with Gasteiger partial charge in [-0.3, -0.25) is 9.59 Å². The van der Waals surface area contributed by atoms with Crippen LogP contribution in [0.3, 0.4) is 0 Å². The van der Waals surface area contributed by atoms with E-state index in [2.05, 4.69) is 24.1 Å². The van der Waals surface area contributed by atoms with Crippen LogP contribution >= 0.6 is 0 Å². The van der Waals surface area contributed by atoms with Crippen molar-refractivity contribution < 1.29 is 4.79 Å². The van der Waals surface area contributed by atoms with Gasteiger partial charge in [0.1, 0.15) is 5.56 Å². The fraction of sp³-hybridized carbons (Fsp3) is 0.571. The largest absolute Gasteiger partial charge is 0.352 e. The van der Waals surface area contributed by atoms with Gasteiger partial charge in [-0.25, -0.2) is 0 Å². The van der Waals surface area contributed by atoms with Crippen LogP contribution in [0.4, 0.5) is 0 Å². The quantitative estimate of drug-likeness (QED) is 0.840. The summed E-state index contributed by atoms with van der Waals surface area (Å²) in [7, 11) is 0. The van der Waals surface area contributed by atoms with Crippen LogP contribution in [0.25, 0.3) is 0 Å². The molecule has 4 nitrogen and oxygen atoms in total. The Kier molecular flexibility index (Phi) is 5.13. The molecule has 0 saturated heterocycles. The standard InChI is InChI=1S/C14H22N2O2/c1-5-9(3)8-15-13(17)11-7-10(4)12(6-2)16-14(11)18/h7,9H,5-6,8H2,1-4H3,(H,15,17)(H,16,18)/t9-/m0/s1. The van der Waals surface area contributed by atoms with Crippen molar-refractivity contribution in [1.29, 1.82) is 0 Å². The smallest absolute Gasteiger partial charge is 0.261 e. The molecule has 0 radical (unpaired) electrons. The van der Waals surface area contributed by atoms with Gasteiger partial charge < -0.3 is 10.3 Å². The molecule has 0 aliphatic heterocycles. The average molecular weight is 250 g/mol. The van der Waals surface area contributed by atoms with Crippen molar-refractivity contribution in [3.05, 3.63) is 33.2 Å². The van der Waals surface area contributed by atoms with E-state index in [1.54, 1.807) is 6.07 Å². The number of aromatic amines is 1. The summed E-state index contributed by atoms with van der Waals surface area (Å²) in [6.45, 7) is 8.62. The molecule has 0 bridgehead atoms. The number of rotatable bonds is 5. The summed E-state index contributed by atoms with van der Waals surface area (Å²) in [6.07, 6.45) is 1.76. The van der Waals surface area contributed by atoms with Gasteiger partial charge in [-0.05, 0) is 30.9 Å². The zero-order valence-corrected chi connectivity index (χ0v) is 11.6. The minimum Gasteiger partial charge on any atom is -0.352 e. The van der Waals surface area contributed by atoms with Gasteiger partial charge in [0.25, 0.3) is 11.5 Å². The first-order valence-corrected chi connectivity index (χ1v) is 6.50. The first kappa shape index (κ1) is 14.5. The Labute approximate surface area is 108 Å². The lowest BCUT2D eigenvalue weighted by Gasteiger charge is -2.11. The lowest BCUT2D eigenvalue weighted by atomic mass is 10.1. The van der Waals surface area contributed by atoms with E-state index in [1.807, 2.05) is 13.8 Å². The molecule has 0 aromatic carbocycles. The summed E-state index contributed by atoms with van der Waals surface area (Å²) < 4.78 is 0. The van der Waals surface area contributed by atoms with Gasteiger partial charge in [-0.15, -0.1) is 0 Å². The van der Waals surface area contributed by atoms with Gasteiger partial charge in [0.15, 0.2) is 0 Å². The summed E-state index contributed by atoms with van der Waals surface area (Å²) in [5.74, 6) is 0.131. The number of carbonyl (C=O) groups excluding carboxylic acids is 1. The number of aromatic nitrogens is 1. The van der Waals surface area contributed by atoms with Crippen LogP contribution in [0.5, 0.6) is 0 Å². The Balaban J connectivity index is 2.87. The molecule has 18 heavy (non-hydrogen) atoms. The Morgan fingerprint density at radius 2 is 2.11 bits per heavy atom. The first-order chi connectivity index (χ1) is 8.49. The van der Waals surface area contributed by atoms with Crippen LogP contribution in [0.15, 0.2) is 10.9 Å². The number of carbonyl (C=O) groups is 1. The fourth-order valence-electron chi connectivity index (χ4n) is 1.71. The maximum Gasteiger partial charge on any atom is 0.261 e. The second-order valence-electron chi connectivity index (χ2n) is 4.75. The van der Waals surface area contributed by atoms with Crippen LogP contribution in [0, 0.1) is 12.8 Å². The predicted molar refractivity (Wildman–Crippen MR) is 73.0 cm³/mol. The number of pyridine rings is 1. The summed E-state index contributed by atoms with van der Waals surface area (Å²) in [4.78, 5) is 26.5. The molecule has 2 N–H and O–H groups in total. The third-order valence-corrected chi connectivity index (χ3v) is 3.25. The van der Waals surface area contributed by atoms with Gasteiger partial charge in [-0.2, -0.15) is 0 Å². The van der Waals surface area contributed by atoms with Crippen LogP contribution < -0.4 is 10.9 Å². The number of H-pyrrole nitrogens is 1. The Hall–Kier alpha value is -1.58. The van der Waals surface area contributed by atoms with Crippen molar-refractivity contribution in [3.63, 3.8) is 0 Å². The molecule has 1 rings (SSSR count). The van der Waals surface area contributed by atoms with E-state index < -0.39 is 0 Å². The van der Waals surface area contributed by atoms with E-state index in [4.69, 9.17) is 0 Å². The second kappa shape index (κ2) is 6.38. The Bertz CT molecular complexity index is 477. The van der Waals surface area contributed by atoms with Gasteiger partial charge in [-0.1, -0.05) is 27.2 Å². The maximum atomic E-state index is 11.9. The monoisotopic (exact) mass is 250 g/mol. The SMILES string of the molecule is CCc1[nH]c(=O)c(C(=O)NC[C@@H](C)CC)cc1C. The number of hydrogen-bond acceptors (Lipinski definition) is 2. The molecule has 100 valence electrons. The number of nitrogens with one attached hydrogen (secondary N) is 2. The summed E-state index contributed by atoms with van der Waals surface area (Å²) in [5.41, 5.74) is 1.73. The topological polar surface area (TPSA) is 62.0 Å². The first-order valence-electron chi connectivity index (χ1n) is 6.50. The second-order valence-corrected chi connectivity index (χ2v) is 4.75. The molecular weight excluding hydrogens is 228 g/mol. The maximum absolute atomic E-state index is 11.9. The summed E-state index contributed by atoms with van der Waals surface area (Å²) >= 11 is 0. The van der Waals surface area contributed by atoms with Crippen molar-refractivity contribution in [2.45, 2.75) is 40.5 Å². The van der Waals surface area contributed by atoms with Crippen molar-refractivity contribution in [2.75, 3.05) is 6.54 Å². The lowest BCUT2D eigenvalue weighted by molar-refractivity contribution is 0.0946. The molecule has 0 unspecified atom stereocenters. The van der Waals surface area contributed by atoms with Gasteiger partial charge in [0.2, 0.25) is 0 Å². The normalized spacial score (nSPS) is 12.2. The zero-order valence-electron chi connectivity index (χ0n) is 11.6. The van der Waals surface area contributed by atoms with Crippen molar-refractivity contribution in [3.8, 4) is 0 Å². The van der Waals surface area contributed by atoms with E-state index in [9.17, 15) is 9.59 Å². The highest BCUT2D eigenvalue weighted by Gasteiger charge is 2.13. The van der Waals surface area contributed by atoms with Crippen LogP contribution in [-0.2, 0) is 6.42 Å². The van der Waals surface area contributed by atoms with Gasteiger partial charge in [0.05, 0.1) is 0 Å². The summed E-state index contributed by atoms with van der Waals surface area (Å²) in [5, 5.41) is 2.80. The highest BCUT2D eigenvalue weighted by Crippen LogP contribution is 2.05. The molecule has 4 heteroatoms. The molecule has 0 aliphatic rings. The number of hydrogen-bond donors (Lipinski definition) is 2. The third-order valence-electron chi connectivity index (χ3n) is 3.25. The molecule has 0 saturated carbocycles. The molecule has 0 spiro atoms. The fourth-order valence-corrected chi connectivity index (χ4v) is 1.71. The molecule has 1 aromatic rings. The van der Waals surface area contributed by atoms with Crippen molar-refractivity contribution in [1.82, 2.24) is 10.3 Å². The minimum absolute atomic E-state index is 0.202. The molecule has 1 heterocycles. The molecule has 1 aromatic heterocycles. The van der Waals surface area contributed by atoms with E-state index in [1.165, 1.54) is 0 Å². The number of amides is 1. The third kappa shape index (κ3) is 3.45. The van der Waals surface area contributed by atoms with Crippen LogP contribution in [0.1, 0.15) is 48.8 Å². The van der Waals surface area contributed by atoms with E-state index in [0.29, 0.717) is 12.5 Å². The Morgan fingerprint density at radius 1 is 1.44 bits per heavy atom. The van der Waals surface area contributed by atoms with Crippen LogP contribution in [-0.4, -0.2) is 17.4 Å². The average Bonchev–Trinajstić information content (AvgIpc) is 2.37. The molecule has 0 fully saturated rings. The van der Waals surface area contributed by atoms with Crippen molar-refractivity contribution in [2.24, 2.45) is 5.92 Å². The summed E-state index contributed by atoms with van der Waals surface area (Å²) in [6, 6.07) is 1.67. The lowest BCUT2D eigenvalue weighted by Crippen LogP contribution is -2.33. The molecule has 1 amide bonds. The molecular formula is C14H22N2O2. The van der Waals surface area contributed by atoms with Gasteiger partial charge in [0, 0.05) is 12.2 Å². The highest BCUT2D eigenvalue weighted by atomic mass is 16.2. The molecule has 1 atom stereocenters. The minimum atomic E-state index is -0.306. The van der Waals surface area contributed by atoms with E-state index >= 15 is 0 Å². The van der Waals surface area contributed by atoms with Crippen LogP contribution in [0.2, 0.25) is 0 Å². The van der Waals surface area contributed by atoms with Gasteiger partial charge >= 0.3 is 0 Å². The highest BCUT2D eigenvalue weighted by molar-refractivity contribution is 5.94. The van der Waals surface area contributed by atoms with E-state index in [-0.39, 0.29) is 17.0 Å². The number of aryl methyl sites for hydroxylation is 2.